The monoisotopic (exact) mass is 514 g/mol. The summed E-state index contributed by atoms with van der Waals surface area (Å²) in [5.41, 5.74) is 8.25. The standard InChI is InChI=1S/C32H42N4O2/c1-4-5-21-6-8-22(9-7-21)19-36-30(38)18-25-16-23-10-11-24(17-28(23)32(25)36)27(14-15-37)26-12-13-29-31(20(26)2)33-34-35(29)3/h10-13,17,21-22,25,27,32,37H,4-9,14-16,18-19H2,1-3H3. The Bertz CT molecular complexity index is 1320. The van der Waals surface area contributed by atoms with Crippen molar-refractivity contribution in [1.82, 2.24) is 19.9 Å². The van der Waals surface area contributed by atoms with E-state index in [1.807, 2.05) is 11.7 Å². The molecule has 2 aliphatic carbocycles. The van der Waals surface area contributed by atoms with Crippen molar-refractivity contribution in [2.45, 2.75) is 83.6 Å². The summed E-state index contributed by atoms with van der Waals surface area (Å²) in [6, 6.07) is 11.4. The predicted octanol–water partition coefficient (Wildman–Crippen LogP) is 5.84. The van der Waals surface area contributed by atoms with Gasteiger partial charge in [-0.25, -0.2) is 4.68 Å². The van der Waals surface area contributed by atoms with Crippen molar-refractivity contribution in [3.8, 4) is 0 Å². The topological polar surface area (TPSA) is 71.2 Å². The normalized spacial score (nSPS) is 25.7. The molecule has 0 spiro atoms. The lowest BCUT2D eigenvalue weighted by molar-refractivity contribution is -0.129. The molecule has 3 aliphatic rings. The number of aryl methyl sites for hydroxylation is 2. The molecule has 0 radical (unpaired) electrons. The molecule has 6 heteroatoms. The molecular formula is C32H42N4O2. The lowest BCUT2D eigenvalue weighted by Gasteiger charge is -2.34. The smallest absolute Gasteiger partial charge is 0.223 e. The minimum Gasteiger partial charge on any atom is -0.396 e. The molecule has 6 nitrogen and oxygen atoms in total. The van der Waals surface area contributed by atoms with Gasteiger partial charge in [-0.05, 0) is 84.2 Å². The van der Waals surface area contributed by atoms with Gasteiger partial charge in [0.15, 0.2) is 0 Å². The van der Waals surface area contributed by atoms with E-state index < -0.39 is 0 Å². The highest BCUT2D eigenvalue weighted by atomic mass is 16.3. The number of fused-ring (bicyclic) bond motifs is 4. The minimum atomic E-state index is 0.0788. The van der Waals surface area contributed by atoms with Crippen molar-refractivity contribution in [1.29, 1.82) is 0 Å². The van der Waals surface area contributed by atoms with Gasteiger partial charge >= 0.3 is 0 Å². The summed E-state index contributed by atoms with van der Waals surface area (Å²) in [6.45, 7) is 5.45. The molecule has 1 saturated heterocycles. The molecule has 3 unspecified atom stereocenters. The number of aliphatic hydroxyl groups excluding tert-OH is 1. The molecule has 1 aromatic heterocycles. The van der Waals surface area contributed by atoms with E-state index in [1.165, 1.54) is 60.8 Å². The summed E-state index contributed by atoms with van der Waals surface area (Å²) in [5, 5.41) is 18.7. The average Bonchev–Trinajstić information content (AvgIpc) is 3.56. The van der Waals surface area contributed by atoms with E-state index in [0.717, 1.165) is 35.5 Å². The highest BCUT2D eigenvalue weighted by molar-refractivity contribution is 5.81. The summed E-state index contributed by atoms with van der Waals surface area (Å²) in [6.07, 6.45) is 10.2. The number of amides is 1. The number of nitrogens with zero attached hydrogens (tertiary/aromatic N) is 4. The van der Waals surface area contributed by atoms with Crippen LogP contribution in [0, 0.1) is 24.7 Å². The molecule has 3 atom stereocenters. The summed E-state index contributed by atoms with van der Waals surface area (Å²) < 4.78 is 1.81. The van der Waals surface area contributed by atoms with Gasteiger partial charge < -0.3 is 10.0 Å². The van der Waals surface area contributed by atoms with Crippen LogP contribution in [-0.4, -0.2) is 44.1 Å². The number of hydrogen-bond donors (Lipinski definition) is 1. The van der Waals surface area contributed by atoms with E-state index >= 15 is 0 Å². The van der Waals surface area contributed by atoms with Crippen LogP contribution in [0.25, 0.3) is 11.0 Å². The first kappa shape index (κ1) is 25.5. The van der Waals surface area contributed by atoms with E-state index in [9.17, 15) is 9.90 Å². The van der Waals surface area contributed by atoms with Crippen LogP contribution in [0.2, 0.25) is 0 Å². The van der Waals surface area contributed by atoms with Gasteiger partial charge in [-0.3, -0.25) is 4.79 Å². The molecular weight excluding hydrogens is 472 g/mol. The number of carbonyl (C=O) groups is 1. The molecule has 2 heterocycles. The molecule has 38 heavy (non-hydrogen) atoms. The Morgan fingerprint density at radius 1 is 1.08 bits per heavy atom. The van der Waals surface area contributed by atoms with E-state index in [4.69, 9.17) is 0 Å². The maximum atomic E-state index is 13.2. The lowest BCUT2D eigenvalue weighted by Crippen LogP contribution is -2.34. The molecule has 6 rings (SSSR count). The second kappa shape index (κ2) is 10.4. The Balaban J connectivity index is 1.28. The zero-order valence-corrected chi connectivity index (χ0v) is 23.2. The second-order valence-corrected chi connectivity index (χ2v) is 12.2. The maximum Gasteiger partial charge on any atom is 0.223 e. The second-order valence-electron chi connectivity index (χ2n) is 12.2. The predicted molar refractivity (Wildman–Crippen MR) is 150 cm³/mol. The number of aromatic nitrogens is 3. The third kappa shape index (κ3) is 4.45. The van der Waals surface area contributed by atoms with Crippen LogP contribution in [0.3, 0.4) is 0 Å². The molecule has 1 amide bonds. The fourth-order valence-electron chi connectivity index (χ4n) is 7.90. The number of rotatable bonds is 8. The van der Waals surface area contributed by atoms with Gasteiger partial charge in [0.2, 0.25) is 5.91 Å². The van der Waals surface area contributed by atoms with Gasteiger partial charge in [0.25, 0.3) is 0 Å². The first-order valence-corrected chi connectivity index (χ1v) is 14.8. The van der Waals surface area contributed by atoms with Gasteiger partial charge in [-0.1, -0.05) is 62.1 Å². The maximum absolute atomic E-state index is 13.2. The van der Waals surface area contributed by atoms with Gasteiger partial charge in [-0.2, -0.15) is 0 Å². The Morgan fingerprint density at radius 2 is 1.87 bits per heavy atom. The third-order valence-corrected chi connectivity index (χ3v) is 9.90. The Kier molecular flexibility index (Phi) is 7.02. The SMILES string of the molecule is CCCC1CCC(CN2C(=O)CC3Cc4ccc(C(CCO)c5ccc6c(nnn6C)c5C)cc4C32)CC1. The number of hydrogen-bond acceptors (Lipinski definition) is 4. The molecule has 0 bridgehead atoms. The van der Waals surface area contributed by atoms with Crippen LogP contribution in [0.5, 0.6) is 0 Å². The Morgan fingerprint density at radius 3 is 2.63 bits per heavy atom. The van der Waals surface area contributed by atoms with E-state index in [0.29, 0.717) is 30.6 Å². The van der Waals surface area contributed by atoms with E-state index in [-0.39, 0.29) is 18.6 Å². The van der Waals surface area contributed by atoms with Crippen molar-refractivity contribution in [3.63, 3.8) is 0 Å². The number of carbonyl (C=O) groups excluding carboxylic acids is 1. The van der Waals surface area contributed by atoms with E-state index in [2.05, 4.69) is 59.4 Å². The zero-order chi connectivity index (χ0) is 26.4. The van der Waals surface area contributed by atoms with Crippen LogP contribution >= 0.6 is 0 Å². The minimum absolute atomic E-state index is 0.0788. The fraction of sp³-hybridized carbons (Fsp3) is 0.594. The first-order valence-electron chi connectivity index (χ1n) is 14.8. The summed E-state index contributed by atoms with van der Waals surface area (Å²) in [4.78, 5) is 15.5. The van der Waals surface area contributed by atoms with Crippen LogP contribution in [0.4, 0.5) is 0 Å². The largest absolute Gasteiger partial charge is 0.396 e. The summed E-state index contributed by atoms with van der Waals surface area (Å²) in [7, 11) is 1.92. The van der Waals surface area contributed by atoms with Crippen LogP contribution < -0.4 is 0 Å². The molecule has 3 aromatic rings. The molecule has 202 valence electrons. The molecule has 1 N–H and O–H groups in total. The van der Waals surface area contributed by atoms with Gasteiger partial charge in [0.1, 0.15) is 5.52 Å². The van der Waals surface area contributed by atoms with Crippen LogP contribution in [0.15, 0.2) is 30.3 Å². The van der Waals surface area contributed by atoms with Gasteiger partial charge in [0.05, 0.1) is 11.6 Å². The van der Waals surface area contributed by atoms with Gasteiger partial charge in [-0.15, -0.1) is 5.10 Å². The highest BCUT2D eigenvalue weighted by Gasteiger charge is 2.46. The zero-order valence-electron chi connectivity index (χ0n) is 23.2. The van der Waals surface area contributed by atoms with Crippen molar-refractivity contribution in [2.75, 3.05) is 13.2 Å². The highest BCUT2D eigenvalue weighted by Crippen LogP contribution is 2.49. The number of likely N-dealkylation sites (tertiary alicyclic amines) is 1. The molecule has 1 saturated carbocycles. The number of aliphatic hydroxyl groups is 1. The van der Waals surface area contributed by atoms with Crippen molar-refractivity contribution in [2.24, 2.45) is 24.8 Å². The lowest BCUT2D eigenvalue weighted by atomic mass is 9.79. The Hall–Kier alpha value is -2.73. The molecule has 1 aliphatic heterocycles. The van der Waals surface area contributed by atoms with Gasteiger partial charge in [0, 0.05) is 32.5 Å². The average molecular weight is 515 g/mol. The van der Waals surface area contributed by atoms with Crippen molar-refractivity contribution in [3.05, 3.63) is 58.1 Å². The summed E-state index contributed by atoms with van der Waals surface area (Å²) in [5.74, 6) is 2.36. The third-order valence-electron chi connectivity index (χ3n) is 9.90. The molecule has 2 aromatic carbocycles. The molecule has 2 fully saturated rings. The van der Waals surface area contributed by atoms with Crippen LogP contribution in [-0.2, 0) is 18.3 Å². The first-order chi connectivity index (χ1) is 18.5. The Labute approximate surface area is 226 Å². The number of benzene rings is 2. The van der Waals surface area contributed by atoms with Crippen LogP contribution in [0.1, 0.15) is 98.1 Å². The summed E-state index contributed by atoms with van der Waals surface area (Å²) >= 11 is 0. The fourth-order valence-corrected chi connectivity index (χ4v) is 7.90. The van der Waals surface area contributed by atoms with E-state index in [1.54, 1.807) is 0 Å². The quantitative estimate of drug-likeness (QED) is 0.410. The van der Waals surface area contributed by atoms with Crippen molar-refractivity contribution < 1.29 is 9.90 Å². The van der Waals surface area contributed by atoms with Crippen molar-refractivity contribution >= 4 is 16.9 Å².